The average Bonchev–Trinajstić information content (AvgIpc) is 2.82. The predicted molar refractivity (Wildman–Crippen MR) is 100 cm³/mol. The topological polar surface area (TPSA) is 49.4 Å². The first-order valence-corrected chi connectivity index (χ1v) is 8.42. The molecule has 1 aliphatic heterocycles. The zero-order valence-corrected chi connectivity index (χ0v) is 15.0. The summed E-state index contributed by atoms with van der Waals surface area (Å²) >= 11 is 0. The van der Waals surface area contributed by atoms with Gasteiger partial charge in [0.15, 0.2) is 0 Å². The molecule has 0 aliphatic carbocycles. The molecule has 1 aliphatic rings. The van der Waals surface area contributed by atoms with Crippen LogP contribution in [0.2, 0.25) is 0 Å². The van der Waals surface area contributed by atoms with E-state index < -0.39 is 0 Å². The minimum atomic E-state index is -0.308. The van der Waals surface area contributed by atoms with Crippen LogP contribution in [0.3, 0.4) is 0 Å². The van der Waals surface area contributed by atoms with E-state index in [1.165, 1.54) is 12.6 Å². The number of hydrogen-bond acceptors (Lipinski definition) is 3. The van der Waals surface area contributed by atoms with E-state index in [-0.39, 0.29) is 11.8 Å². The van der Waals surface area contributed by atoms with E-state index in [1.54, 1.807) is 0 Å². The molecule has 3 rings (SSSR count). The molecule has 0 spiro atoms. The van der Waals surface area contributed by atoms with E-state index in [2.05, 4.69) is 12.2 Å². The molecule has 2 amide bonds. The number of amides is 2. The molecule has 0 aromatic heterocycles. The molecule has 0 unspecified atom stereocenters. The van der Waals surface area contributed by atoms with Crippen molar-refractivity contribution in [2.45, 2.75) is 27.2 Å². The normalized spacial score (nSPS) is 14.5. The molecule has 0 fully saturated rings. The Bertz CT molecular complexity index is 879. The third-order valence-corrected chi connectivity index (χ3v) is 4.71. The summed E-state index contributed by atoms with van der Waals surface area (Å²) in [6, 6.07) is 13.7. The number of benzene rings is 2. The summed E-state index contributed by atoms with van der Waals surface area (Å²) in [6.07, 6.45) is 0.955. The lowest BCUT2D eigenvalue weighted by Gasteiger charge is -2.10. The first kappa shape index (κ1) is 17.0. The zero-order chi connectivity index (χ0) is 18.1. The molecule has 2 aromatic carbocycles. The molecule has 0 saturated carbocycles. The van der Waals surface area contributed by atoms with Gasteiger partial charge in [0.2, 0.25) is 0 Å². The second-order valence-electron chi connectivity index (χ2n) is 6.39. The molecule has 2 aromatic rings. The fourth-order valence-corrected chi connectivity index (χ4v) is 2.89. The summed E-state index contributed by atoms with van der Waals surface area (Å²) in [6.45, 7) is 6.12. The number of rotatable bonds is 4. The van der Waals surface area contributed by atoms with Crippen molar-refractivity contribution in [3.05, 3.63) is 70.4 Å². The van der Waals surface area contributed by atoms with Crippen LogP contribution >= 0.6 is 0 Å². The monoisotopic (exact) mass is 334 g/mol. The van der Waals surface area contributed by atoms with Crippen molar-refractivity contribution in [3.63, 3.8) is 0 Å². The minimum absolute atomic E-state index is 0.277. The van der Waals surface area contributed by atoms with Gasteiger partial charge in [-0.2, -0.15) is 0 Å². The van der Waals surface area contributed by atoms with Crippen LogP contribution in [0.15, 0.2) is 48.2 Å². The van der Waals surface area contributed by atoms with Gasteiger partial charge in [-0.25, -0.2) is 0 Å². The number of carbonyl (C=O) groups excluding carboxylic acids is 2. The van der Waals surface area contributed by atoms with Crippen LogP contribution in [0.1, 0.15) is 29.2 Å². The first-order valence-electron chi connectivity index (χ1n) is 8.42. The summed E-state index contributed by atoms with van der Waals surface area (Å²) in [7, 11) is 1.51. The van der Waals surface area contributed by atoms with Gasteiger partial charge in [-0.1, -0.05) is 37.3 Å². The van der Waals surface area contributed by atoms with Crippen LogP contribution in [-0.2, 0) is 16.0 Å². The molecular formula is C21H22N2O2. The van der Waals surface area contributed by atoms with Crippen LogP contribution in [0, 0.1) is 13.8 Å². The number of imide groups is 1. The van der Waals surface area contributed by atoms with Crippen molar-refractivity contribution >= 4 is 23.1 Å². The van der Waals surface area contributed by atoms with Crippen molar-refractivity contribution in [3.8, 4) is 0 Å². The van der Waals surface area contributed by atoms with Gasteiger partial charge in [-0.15, -0.1) is 0 Å². The number of likely N-dealkylation sites (N-methyl/N-ethyl adjacent to an activating group) is 1. The Kier molecular flexibility index (Phi) is 4.45. The van der Waals surface area contributed by atoms with E-state index in [0.29, 0.717) is 11.3 Å². The molecule has 0 bridgehead atoms. The molecular weight excluding hydrogens is 312 g/mol. The molecule has 4 heteroatoms. The van der Waals surface area contributed by atoms with Gasteiger partial charge < -0.3 is 5.32 Å². The second kappa shape index (κ2) is 6.55. The Morgan fingerprint density at radius 1 is 0.920 bits per heavy atom. The maximum Gasteiger partial charge on any atom is 0.277 e. The second-order valence-corrected chi connectivity index (χ2v) is 6.39. The highest BCUT2D eigenvalue weighted by Gasteiger charge is 2.36. The number of anilines is 1. The highest BCUT2D eigenvalue weighted by molar-refractivity contribution is 6.36. The van der Waals surface area contributed by atoms with Crippen LogP contribution in [0.4, 0.5) is 5.69 Å². The lowest BCUT2D eigenvalue weighted by atomic mass is 9.99. The van der Waals surface area contributed by atoms with Crippen LogP contribution in [0.5, 0.6) is 0 Å². The van der Waals surface area contributed by atoms with E-state index in [1.807, 2.05) is 56.3 Å². The molecule has 128 valence electrons. The van der Waals surface area contributed by atoms with E-state index >= 15 is 0 Å². The van der Waals surface area contributed by atoms with Gasteiger partial charge in [-0.3, -0.25) is 14.5 Å². The number of nitrogens with zero attached hydrogens (tertiary/aromatic N) is 1. The highest BCUT2D eigenvalue weighted by atomic mass is 16.2. The molecule has 4 nitrogen and oxygen atoms in total. The van der Waals surface area contributed by atoms with Crippen LogP contribution in [-0.4, -0.2) is 23.8 Å². The fraction of sp³-hybridized carbons (Fsp3) is 0.238. The average molecular weight is 334 g/mol. The predicted octanol–water partition coefficient (Wildman–Crippen LogP) is 3.69. The van der Waals surface area contributed by atoms with Crippen molar-refractivity contribution in [1.29, 1.82) is 0 Å². The van der Waals surface area contributed by atoms with Crippen molar-refractivity contribution < 1.29 is 9.59 Å². The maximum absolute atomic E-state index is 12.6. The molecule has 0 saturated heterocycles. The van der Waals surface area contributed by atoms with Crippen LogP contribution in [0.25, 0.3) is 5.57 Å². The summed E-state index contributed by atoms with van der Waals surface area (Å²) < 4.78 is 0. The molecule has 1 N–H and O–H groups in total. The van der Waals surface area contributed by atoms with Gasteiger partial charge in [0.1, 0.15) is 5.70 Å². The third-order valence-electron chi connectivity index (χ3n) is 4.71. The highest BCUT2D eigenvalue weighted by Crippen LogP contribution is 2.30. The van der Waals surface area contributed by atoms with E-state index in [9.17, 15) is 9.59 Å². The van der Waals surface area contributed by atoms with Gasteiger partial charge in [0.25, 0.3) is 11.8 Å². The Labute approximate surface area is 148 Å². The summed E-state index contributed by atoms with van der Waals surface area (Å²) in [5.74, 6) is -0.585. The van der Waals surface area contributed by atoms with Gasteiger partial charge in [-0.05, 0) is 54.7 Å². The Morgan fingerprint density at radius 3 is 2.20 bits per heavy atom. The zero-order valence-electron chi connectivity index (χ0n) is 15.0. The number of hydrogen-bond donors (Lipinski definition) is 1. The maximum atomic E-state index is 12.6. The Hall–Kier alpha value is -2.88. The summed E-state index contributed by atoms with van der Waals surface area (Å²) in [4.78, 5) is 26.3. The fourth-order valence-electron chi connectivity index (χ4n) is 2.89. The molecule has 25 heavy (non-hydrogen) atoms. The van der Waals surface area contributed by atoms with E-state index in [0.717, 1.165) is 33.7 Å². The number of nitrogens with one attached hydrogen (secondary N) is 1. The standard InChI is InChI=1S/C21H22N2O2/c1-5-15-7-10-17(11-8-15)22-19-18(20(24)23(4)21(19)25)16-9-6-13(2)14(3)12-16/h6-12,22H,5H2,1-4H3. The molecule has 1 heterocycles. The number of carbonyl (C=O) groups is 2. The van der Waals surface area contributed by atoms with Gasteiger partial charge >= 0.3 is 0 Å². The largest absolute Gasteiger partial charge is 0.350 e. The SMILES string of the molecule is CCc1ccc(NC2=C(c3ccc(C)c(C)c3)C(=O)N(C)C2=O)cc1. The smallest absolute Gasteiger partial charge is 0.277 e. The minimum Gasteiger partial charge on any atom is -0.350 e. The van der Waals surface area contributed by atoms with Gasteiger partial charge in [0, 0.05) is 12.7 Å². The molecule has 0 radical (unpaired) electrons. The van der Waals surface area contributed by atoms with Crippen molar-refractivity contribution in [2.24, 2.45) is 0 Å². The molecule has 0 atom stereocenters. The Balaban J connectivity index is 2.06. The lowest BCUT2D eigenvalue weighted by molar-refractivity contribution is -0.135. The summed E-state index contributed by atoms with van der Waals surface area (Å²) in [5, 5.41) is 3.15. The number of aryl methyl sites for hydroxylation is 3. The van der Waals surface area contributed by atoms with Crippen LogP contribution < -0.4 is 5.32 Å². The quantitative estimate of drug-likeness (QED) is 0.868. The van der Waals surface area contributed by atoms with Crippen molar-refractivity contribution in [2.75, 3.05) is 12.4 Å². The Morgan fingerprint density at radius 2 is 1.60 bits per heavy atom. The lowest BCUT2D eigenvalue weighted by Crippen LogP contribution is -2.27. The first-order chi connectivity index (χ1) is 11.9. The van der Waals surface area contributed by atoms with Crippen molar-refractivity contribution in [1.82, 2.24) is 4.90 Å². The third kappa shape index (κ3) is 3.07. The van der Waals surface area contributed by atoms with E-state index in [4.69, 9.17) is 0 Å². The van der Waals surface area contributed by atoms with Gasteiger partial charge in [0.05, 0.1) is 5.57 Å². The summed E-state index contributed by atoms with van der Waals surface area (Å²) in [5.41, 5.74) is 5.78.